The quantitative estimate of drug-likeness (QED) is 0.463. The summed E-state index contributed by atoms with van der Waals surface area (Å²) in [6.07, 6.45) is 0. The Bertz CT molecular complexity index is 406. The van der Waals surface area contributed by atoms with E-state index in [4.69, 9.17) is 15.3 Å². The maximum Gasteiger partial charge on any atom is 0.0942 e. The molecule has 0 aliphatic rings. The van der Waals surface area contributed by atoms with Crippen LogP contribution in [0.4, 0.5) is 0 Å². The number of hydrogen-bond acceptors (Lipinski definition) is 3. The van der Waals surface area contributed by atoms with E-state index < -0.39 is 5.09 Å². The van der Waals surface area contributed by atoms with E-state index in [0.717, 1.165) is 0 Å². The number of nitrogens with zero attached hydrogens (tertiary/aromatic N) is 1. The van der Waals surface area contributed by atoms with Crippen molar-refractivity contribution in [1.82, 2.24) is 0 Å². The van der Waals surface area contributed by atoms with Gasteiger partial charge in [0.05, 0.1) is 24.3 Å². The first-order valence-corrected chi connectivity index (χ1v) is 6.10. The molecule has 2 aromatic rings. The second-order valence-corrected chi connectivity index (χ2v) is 4.81. The fourth-order valence-electron chi connectivity index (χ4n) is 1.29. The van der Waals surface area contributed by atoms with Gasteiger partial charge in [-0.25, -0.2) is 0 Å². The van der Waals surface area contributed by atoms with E-state index >= 15 is 0 Å². The first kappa shape index (κ1) is 13.1. The molecule has 17 heavy (non-hydrogen) atoms. The lowest BCUT2D eigenvalue weighted by atomic mass is 10.4. The van der Waals surface area contributed by atoms with Gasteiger partial charge in [-0.05, 0) is 24.3 Å². The van der Waals surface area contributed by atoms with Crippen molar-refractivity contribution in [1.29, 1.82) is 0 Å². The van der Waals surface area contributed by atoms with Gasteiger partial charge in [-0.3, -0.25) is 0 Å². The van der Waals surface area contributed by atoms with Crippen LogP contribution in [0.5, 0.6) is 0 Å². The molecule has 0 fully saturated rings. The fraction of sp³-hybridized carbons (Fsp3) is 0. The minimum absolute atomic E-state index is 0.271. The highest BCUT2D eigenvalue weighted by Crippen LogP contribution is 2.08. The largest absolute Gasteiger partial charge is 0.356 e. The van der Waals surface area contributed by atoms with Gasteiger partial charge in [-0.2, -0.15) is 0 Å². The molecule has 0 N–H and O–H groups in total. The van der Waals surface area contributed by atoms with E-state index in [2.05, 4.69) is 60.7 Å². The van der Waals surface area contributed by atoms with E-state index in [0.29, 0.717) is 0 Å². The Balaban J connectivity index is 0.000000317. The summed E-state index contributed by atoms with van der Waals surface area (Å²) >= 11 is 0. The standard InChI is InChI=1S/C12H11P.NO3/c1-3-7-11(8-4-1)13-12-9-5-2-6-10-12;2-1(3)4/h1-10,13H;/q;-1/p+1. The summed E-state index contributed by atoms with van der Waals surface area (Å²) in [5.41, 5.74) is 0. The lowest BCUT2D eigenvalue weighted by Crippen LogP contribution is -2.01. The van der Waals surface area contributed by atoms with E-state index in [1.54, 1.807) is 0 Å². The van der Waals surface area contributed by atoms with E-state index in [1.165, 1.54) is 10.6 Å². The average molecular weight is 249 g/mol. The van der Waals surface area contributed by atoms with E-state index in [-0.39, 0.29) is 8.58 Å². The topological polar surface area (TPSA) is 66.2 Å². The molecule has 5 heteroatoms. The lowest BCUT2D eigenvalue weighted by Gasteiger charge is -1.92. The van der Waals surface area contributed by atoms with Crippen LogP contribution < -0.4 is 10.6 Å². The van der Waals surface area contributed by atoms with Gasteiger partial charge in [-0.15, -0.1) is 0 Å². The minimum atomic E-state index is -1.75. The van der Waals surface area contributed by atoms with Crippen LogP contribution in [-0.4, -0.2) is 5.09 Å². The molecule has 0 saturated carbocycles. The molecule has 88 valence electrons. The second kappa shape index (κ2) is 7.36. The molecule has 0 spiro atoms. The van der Waals surface area contributed by atoms with Crippen molar-refractivity contribution in [2.45, 2.75) is 0 Å². The van der Waals surface area contributed by atoms with Gasteiger partial charge in [0.15, 0.2) is 0 Å². The second-order valence-electron chi connectivity index (χ2n) is 3.19. The lowest BCUT2D eigenvalue weighted by molar-refractivity contribution is -0.402. The highest BCUT2D eigenvalue weighted by atomic mass is 31.1. The molecule has 0 aliphatic carbocycles. The summed E-state index contributed by atoms with van der Waals surface area (Å²) in [6, 6.07) is 21.3. The summed E-state index contributed by atoms with van der Waals surface area (Å²) in [5, 5.41) is 17.7. The van der Waals surface area contributed by atoms with Crippen LogP contribution in [0.1, 0.15) is 0 Å². The van der Waals surface area contributed by atoms with Crippen LogP contribution in [0.2, 0.25) is 0 Å². The highest BCUT2D eigenvalue weighted by molar-refractivity contribution is 7.55. The molecule has 0 aliphatic heterocycles. The third kappa shape index (κ3) is 6.28. The summed E-state index contributed by atoms with van der Waals surface area (Å²) in [6.45, 7) is 0. The molecular weight excluding hydrogens is 237 g/mol. The van der Waals surface area contributed by atoms with Gasteiger partial charge >= 0.3 is 0 Å². The number of rotatable bonds is 2. The third-order valence-electron chi connectivity index (χ3n) is 1.93. The van der Waals surface area contributed by atoms with Crippen LogP contribution in [0.15, 0.2) is 60.7 Å². The number of hydrogen-bond donors (Lipinski definition) is 0. The van der Waals surface area contributed by atoms with Crippen molar-refractivity contribution in [2.24, 2.45) is 0 Å². The molecule has 4 nitrogen and oxygen atoms in total. The van der Waals surface area contributed by atoms with Crippen molar-refractivity contribution < 1.29 is 5.09 Å². The maximum absolute atomic E-state index is 8.25. The average Bonchev–Trinajstić information content (AvgIpc) is 2.31. The van der Waals surface area contributed by atoms with Gasteiger partial charge in [0.2, 0.25) is 0 Å². The SMILES string of the molecule is O=[N+]([O-])[O-].c1ccc([PH2+]c2ccccc2)cc1. The van der Waals surface area contributed by atoms with Crippen molar-refractivity contribution >= 4 is 19.2 Å². The Morgan fingerprint density at radius 1 is 0.765 bits per heavy atom. The molecule has 0 bridgehead atoms. The van der Waals surface area contributed by atoms with Gasteiger partial charge in [0, 0.05) is 0 Å². The van der Waals surface area contributed by atoms with Gasteiger partial charge < -0.3 is 15.3 Å². The molecular formula is C12H12NO3P. The zero-order valence-electron chi connectivity index (χ0n) is 9.02. The van der Waals surface area contributed by atoms with Crippen molar-refractivity contribution in [3.05, 3.63) is 76.0 Å². The van der Waals surface area contributed by atoms with Gasteiger partial charge in [-0.1, -0.05) is 36.4 Å². The first-order chi connectivity index (χ1) is 8.18. The van der Waals surface area contributed by atoms with Crippen LogP contribution in [0.3, 0.4) is 0 Å². The molecule has 0 atom stereocenters. The van der Waals surface area contributed by atoms with E-state index in [1.807, 2.05) is 0 Å². The summed E-state index contributed by atoms with van der Waals surface area (Å²) in [7, 11) is 0.271. The molecule has 2 aromatic carbocycles. The first-order valence-electron chi connectivity index (χ1n) is 4.95. The molecule has 0 unspecified atom stereocenters. The summed E-state index contributed by atoms with van der Waals surface area (Å²) < 4.78 is 0. The normalized spacial score (nSPS) is 8.94. The van der Waals surface area contributed by atoms with Gasteiger partial charge in [0.25, 0.3) is 0 Å². The van der Waals surface area contributed by atoms with Crippen LogP contribution in [0, 0.1) is 15.3 Å². The Kier molecular flexibility index (Phi) is 5.69. The Labute approximate surface area is 101 Å². The molecule has 0 amide bonds. The van der Waals surface area contributed by atoms with E-state index in [9.17, 15) is 0 Å². The summed E-state index contributed by atoms with van der Waals surface area (Å²) in [4.78, 5) is 8.25. The number of benzene rings is 2. The Morgan fingerprint density at radius 3 is 1.35 bits per heavy atom. The Morgan fingerprint density at radius 2 is 1.06 bits per heavy atom. The highest BCUT2D eigenvalue weighted by Gasteiger charge is 2.00. The fourth-order valence-corrected chi connectivity index (χ4v) is 2.51. The molecule has 2 rings (SSSR count). The zero-order valence-corrected chi connectivity index (χ0v) is 10.2. The smallest absolute Gasteiger partial charge is 0.0942 e. The molecule has 0 saturated heterocycles. The van der Waals surface area contributed by atoms with Crippen LogP contribution in [0.25, 0.3) is 0 Å². The minimum Gasteiger partial charge on any atom is -0.356 e. The molecule has 0 heterocycles. The summed E-state index contributed by atoms with van der Waals surface area (Å²) in [5.74, 6) is 0. The van der Waals surface area contributed by atoms with Crippen molar-refractivity contribution in [2.75, 3.05) is 0 Å². The third-order valence-corrected chi connectivity index (χ3v) is 3.37. The van der Waals surface area contributed by atoms with Gasteiger partial charge in [0.1, 0.15) is 0 Å². The Hall–Kier alpha value is -1.93. The van der Waals surface area contributed by atoms with Crippen LogP contribution >= 0.6 is 8.58 Å². The predicted molar refractivity (Wildman–Crippen MR) is 72.2 cm³/mol. The maximum atomic E-state index is 8.25. The molecule has 0 aromatic heterocycles. The van der Waals surface area contributed by atoms with Crippen molar-refractivity contribution in [3.63, 3.8) is 0 Å². The molecule has 0 radical (unpaired) electrons. The monoisotopic (exact) mass is 249 g/mol. The van der Waals surface area contributed by atoms with Crippen LogP contribution in [-0.2, 0) is 0 Å². The predicted octanol–water partition coefficient (Wildman–Crippen LogP) is 1.81. The van der Waals surface area contributed by atoms with Crippen molar-refractivity contribution in [3.8, 4) is 0 Å². The zero-order chi connectivity index (χ0) is 12.5.